The van der Waals surface area contributed by atoms with Crippen LogP contribution in [0.25, 0.3) is 10.9 Å². The molecule has 1 aromatic heterocycles. The van der Waals surface area contributed by atoms with Crippen LogP contribution in [0.15, 0.2) is 36.5 Å². The summed E-state index contributed by atoms with van der Waals surface area (Å²) in [6, 6.07) is 9.38. The minimum atomic E-state index is -1.45. The Morgan fingerprint density at radius 2 is 1.83 bits per heavy atom. The topological polar surface area (TPSA) is 45.4 Å². The first-order chi connectivity index (χ1) is 5.79. The lowest BCUT2D eigenvalue weighted by Gasteiger charge is -2.00. The zero-order valence-corrected chi connectivity index (χ0v) is 6.38. The van der Waals surface area contributed by atoms with Gasteiger partial charge in [0.15, 0.2) is 0 Å². The molecule has 12 heavy (non-hydrogen) atoms. The SMILES string of the molecule is OB(O)n1ccc2ccccc21. The third kappa shape index (κ3) is 1.01. The monoisotopic (exact) mass is 161 g/mol. The predicted octanol–water partition coefficient (Wildman–Crippen LogP) is 0.459. The van der Waals surface area contributed by atoms with Gasteiger partial charge in [-0.2, -0.15) is 0 Å². The van der Waals surface area contributed by atoms with Crippen molar-refractivity contribution in [1.29, 1.82) is 0 Å². The second-order valence-electron chi connectivity index (χ2n) is 2.63. The summed E-state index contributed by atoms with van der Waals surface area (Å²) in [7, 11) is -1.45. The third-order valence-corrected chi connectivity index (χ3v) is 1.88. The molecule has 0 aliphatic carbocycles. The molecule has 0 radical (unpaired) electrons. The summed E-state index contributed by atoms with van der Waals surface area (Å²) in [5.74, 6) is 0. The summed E-state index contributed by atoms with van der Waals surface area (Å²) in [6.45, 7) is 0. The molecule has 0 atom stereocenters. The van der Waals surface area contributed by atoms with E-state index in [9.17, 15) is 0 Å². The average Bonchev–Trinajstić information content (AvgIpc) is 2.47. The highest BCUT2D eigenvalue weighted by Gasteiger charge is 2.12. The molecule has 0 bridgehead atoms. The van der Waals surface area contributed by atoms with E-state index in [1.54, 1.807) is 6.20 Å². The Morgan fingerprint density at radius 1 is 1.08 bits per heavy atom. The second kappa shape index (κ2) is 2.66. The number of fused-ring (bicyclic) bond motifs is 1. The molecule has 2 aromatic rings. The normalized spacial score (nSPS) is 10.5. The Hall–Kier alpha value is -1.26. The molecular formula is C8H8BNO2. The van der Waals surface area contributed by atoms with Crippen molar-refractivity contribution >= 4 is 18.2 Å². The van der Waals surface area contributed by atoms with E-state index in [1.807, 2.05) is 30.3 Å². The van der Waals surface area contributed by atoms with Crippen molar-refractivity contribution in [2.24, 2.45) is 0 Å². The molecule has 0 aliphatic heterocycles. The largest absolute Gasteiger partial charge is 0.592 e. The molecule has 0 saturated heterocycles. The van der Waals surface area contributed by atoms with Gasteiger partial charge in [-0.05, 0) is 23.7 Å². The number of hydrogen-bond donors (Lipinski definition) is 2. The molecule has 1 heterocycles. The zero-order valence-electron chi connectivity index (χ0n) is 6.38. The zero-order chi connectivity index (χ0) is 8.55. The lowest BCUT2D eigenvalue weighted by molar-refractivity contribution is 0.394. The number of aromatic nitrogens is 1. The fourth-order valence-corrected chi connectivity index (χ4v) is 1.31. The molecule has 60 valence electrons. The van der Waals surface area contributed by atoms with Gasteiger partial charge >= 0.3 is 7.25 Å². The molecule has 0 spiro atoms. The maximum absolute atomic E-state index is 8.93. The van der Waals surface area contributed by atoms with E-state index in [0.29, 0.717) is 0 Å². The van der Waals surface area contributed by atoms with E-state index in [4.69, 9.17) is 10.0 Å². The van der Waals surface area contributed by atoms with Crippen LogP contribution in [-0.4, -0.2) is 21.8 Å². The number of para-hydroxylation sites is 1. The van der Waals surface area contributed by atoms with Crippen LogP contribution in [0.5, 0.6) is 0 Å². The van der Waals surface area contributed by atoms with Crippen LogP contribution >= 0.6 is 0 Å². The van der Waals surface area contributed by atoms with E-state index >= 15 is 0 Å². The third-order valence-electron chi connectivity index (χ3n) is 1.88. The molecule has 2 N–H and O–H groups in total. The molecule has 0 unspecified atom stereocenters. The molecule has 1 aromatic carbocycles. The molecule has 0 saturated carbocycles. The summed E-state index contributed by atoms with van der Waals surface area (Å²) in [5, 5.41) is 18.9. The summed E-state index contributed by atoms with van der Waals surface area (Å²) in [5.41, 5.74) is 0.826. The van der Waals surface area contributed by atoms with Gasteiger partial charge in [0.25, 0.3) is 0 Å². The van der Waals surface area contributed by atoms with Gasteiger partial charge in [-0.15, -0.1) is 0 Å². The van der Waals surface area contributed by atoms with Crippen LogP contribution < -0.4 is 0 Å². The van der Waals surface area contributed by atoms with Gasteiger partial charge in [0.05, 0.1) is 0 Å². The second-order valence-corrected chi connectivity index (χ2v) is 2.63. The van der Waals surface area contributed by atoms with Crippen LogP contribution in [0.3, 0.4) is 0 Å². The van der Waals surface area contributed by atoms with Crippen LogP contribution in [0.2, 0.25) is 0 Å². The van der Waals surface area contributed by atoms with Gasteiger partial charge < -0.3 is 14.5 Å². The van der Waals surface area contributed by atoms with Crippen molar-refractivity contribution < 1.29 is 10.0 Å². The quantitative estimate of drug-likeness (QED) is 0.596. The van der Waals surface area contributed by atoms with Gasteiger partial charge in [-0.25, -0.2) is 0 Å². The van der Waals surface area contributed by atoms with E-state index < -0.39 is 7.25 Å². The first-order valence-corrected chi connectivity index (χ1v) is 3.71. The molecule has 3 nitrogen and oxygen atoms in total. The van der Waals surface area contributed by atoms with Gasteiger partial charge in [-0.1, -0.05) is 18.2 Å². The van der Waals surface area contributed by atoms with Gasteiger partial charge in [0, 0.05) is 5.52 Å². The minimum absolute atomic E-state index is 0.826. The number of rotatable bonds is 1. The first kappa shape index (κ1) is 7.40. The van der Waals surface area contributed by atoms with E-state index in [1.165, 1.54) is 4.48 Å². The van der Waals surface area contributed by atoms with Crippen molar-refractivity contribution in [3.05, 3.63) is 36.5 Å². The highest BCUT2D eigenvalue weighted by Crippen LogP contribution is 2.14. The summed E-state index contributed by atoms with van der Waals surface area (Å²) in [4.78, 5) is 0. The van der Waals surface area contributed by atoms with Gasteiger partial charge in [-0.3, -0.25) is 0 Å². The van der Waals surface area contributed by atoms with Crippen molar-refractivity contribution in [2.45, 2.75) is 0 Å². The molecular weight excluding hydrogens is 153 g/mol. The standard InChI is InChI=1S/C8H8BNO2/c11-9(12)10-6-5-7-3-1-2-4-8(7)10/h1-6,11-12H. The predicted molar refractivity (Wildman–Crippen MR) is 47.5 cm³/mol. The van der Waals surface area contributed by atoms with Crippen LogP contribution in [0.1, 0.15) is 0 Å². The Labute approximate surface area is 70.0 Å². The summed E-state index contributed by atoms with van der Waals surface area (Å²) < 4.78 is 1.40. The maximum Gasteiger partial charge on any atom is 0.592 e. The smallest absolute Gasteiger partial charge is 0.407 e. The van der Waals surface area contributed by atoms with Crippen molar-refractivity contribution in [3.63, 3.8) is 0 Å². The Bertz CT molecular complexity index is 397. The van der Waals surface area contributed by atoms with Crippen molar-refractivity contribution in [2.75, 3.05) is 0 Å². The number of nitrogens with zero attached hydrogens (tertiary/aromatic N) is 1. The number of benzene rings is 1. The van der Waals surface area contributed by atoms with Gasteiger partial charge in [0.1, 0.15) is 0 Å². The maximum atomic E-state index is 8.93. The highest BCUT2D eigenvalue weighted by atomic mass is 16.4. The number of hydrogen-bond acceptors (Lipinski definition) is 2. The minimum Gasteiger partial charge on any atom is -0.407 e. The lowest BCUT2D eigenvalue weighted by Crippen LogP contribution is -2.22. The van der Waals surface area contributed by atoms with Crippen LogP contribution in [-0.2, 0) is 0 Å². The Kier molecular flexibility index (Phi) is 1.64. The van der Waals surface area contributed by atoms with Crippen molar-refractivity contribution in [1.82, 2.24) is 4.48 Å². The summed E-state index contributed by atoms with van der Waals surface area (Å²) >= 11 is 0. The van der Waals surface area contributed by atoms with E-state index in [-0.39, 0.29) is 0 Å². The molecule has 4 heteroatoms. The van der Waals surface area contributed by atoms with Crippen molar-refractivity contribution in [3.8, 4) is 0 Å². The Balaban J connectivity index is 2.70. The Morgan fingerprint density at radius 3 is 2.58 bits per heavy atom. The summed E-state index contributed by atoms with van der Waals surface area (Å²) in [6.07, 6.45) is 1.65. The highest BCUT2D eigenvalue weighted by molar-refractivity contribution is 6.40. The van der Waals surface area contributed by atoms with Crippen LogP contribution in [0.4, 0.5) is 0 Å². The lowest BCUT2D eigenvalue weighted by atomic mass is 10.1. The molecule has 0 fully saturated rings. The molecule has 0 aliphatic rings. The fourth-order valence-electron chi connectivity index (χ4n) is 1.31. The van der Waals surface area contributed by atoms with Crippen LogP contribution in [0, 0.1) is 0 Å². The van der Waals surface area contributed by atoms with E-state index in [2.05, 4.69) is 0 Å². The molecule has 2 rings (SSSR count). The average molecular weight is 161 g/mol. The molecule has 0 amide bonds. The van der Waals surface area contributed by atoms with E-state index in [0.717, 1.165) is 10.9 Å². The van der Waals surface area contributed by atoms with Gasteiger partial charge in [0.2, 0.25) is 0 Å². The first-order valence-electron chi connectivity index (χ1n) is 3.71. The fraction of sp³-hybridized carbons (Fsp3) is 0.